The molecule has 1 aromatic carbocycles. The van der Waals surface area contributed by atoms with Crippen molar-refractivity contribution in [1.29, 1.82) is 0 Å². The number of benzene rings is 1. The second kappa shape index (κ2) is 9.14. The Balaban J connectivity index is 1.67. The van der Waals surface area contributed by atoms with Crippen LogP contribution >= 0.6 is 11.6 Å². The van der Waals surface area contributed by atoms with Crippen LogP contribution in [0.1, 0.15) is 37.6 Å². The van der Waals surface area contributed by atoms with Crippen LogP contribution in [-0.2, 0) is 24.9 Å². The number of anilines is 2. The van der Waals surface area contributed by atoms with Crippen LogP contribution in [-0.4, -0.2) is 37.0 Å². The van der Waals surface area contributed by atoms with E-state index in [0.29, 0.717) is 10.4 Å². The van der Waals surface area contributed by atoms with E-state index in [1.807, 2.05) is 39.0 Å². The Kier molecular flexibility index (Phi) is 6.23. The quantitative estimate of drug-likeness (QED) is 0.390. The Hall–Kier alpha value is -3.44. The number of aromatic nitrogens is 5. The second-order valence-corrected chi connectivity index (χ2v) is 10.4. The van der Waals surface area contributed by atoms with Crippen LogP contribution in [0.15, 0.2) is 41.3 Å². The van der Waals surface area contributed by atoms with E-state index in [1.54, 1.807) is 12.1 Å². The average Bonchev–Trinajstić information content (AvgIpc) is 3.08. The zero-order valence-electron chi connectivity index (χ0n) is 20.4. The lowest BCUT2D eigenvalue weighted by Crippen LogP contribution is -2.31. The Morgan fingerprint density at radius 3 is 2.62 bits per heavy atom. The van der Waals surface area contributed by atoms with Crippen LogP contribution in [0.2, 0.25) is 5.02 Å². The molecule has 12 heteroatoms. The molecule has 37 heavy (non-hydrogen) atoms. The van der Waals surface area contributed by atoms with Crippen LogP contribution in [0.4, 0.5) is 24.8 Å². The monoisotopic (exact) mass is 531 g/mol. The number of rotatable bonds is 4. The highest BCUT2D eigenvalue weighted by Gasteiger charge is 2.33. The molecule has 1 aliphatic heterocycles. The van der Waals surface area contributed by atoms with Crippen LogP contribution in [0.5, 0.6) is 0 Å². The van der Waals surface area contributed by atoms with Gasteiger partial charge in [0.1, 0.15) is 11.9 Å². The van der Waals surface area contributed by atoms with Gasteiger partial charge in [-0.2, -0.15) is 18.2 Å². The fourth-order valence-corrected chi connectivity index (χ4v) is 4.49. The van der Waals surface area contributed by atoms with Gasteiger partial charge in [-0.15, -0.1) is 0 Å². The summed E-state index contributed by atoms with van der Waals surface area (Å²) in [5.74, 6) is 0.104. The first kappa shape index (κ1) is 25.2. The third-order valence-electron chi connectivity index (χ3n) is 6.15. The van der Waals surface area contributed by atoms with E-state index in [9.17, 15) is 18.0 Å². The smallest absolute Gasteiger partial charge is 0.324 e. The van der Waals surface area contributed by atoms with Crippen LogP contribution in [0.25, 0.3) is 16.9 Å². The largest absolute Gasteiger partial charge is 0.408 e. The minimum Gasteiger partial charge on any atom is -0.324 e. The Bertz CT molecular complexity index is 1550. The Morgan fingerprint density at radius 2 is 1.89 bits per heavy atom. The molecule has 3 aromatic heterocycles. The van der Waals surface area contributed by atoms with Gasteiger partial charge in [0.2, 0.25) is 5.95 Å². The minimum absolute atomic E-state index is 0.0186. The number of nitrogens with one attached hydrogen (secondary N) is 2. The molecule has 5 rings (SSSR count). The highest BCUT2D eigenvalue weighted by atomic mass is 35.5. The number of fused-ring (bicyclic) bond motifs is 2. The number of pyridine rings is 1. The number of hydrogen-bond acceptors (Lipinski definition) is 6. The van der Waals surface area contributed by atoms with Gasteiger partial charge in [0.05, 0.1) is 5.02 Å². The molecule has 0 aliphatic carbocycles. The molecule has 0 radical (unpaired) electrons. The minimum atomic E-state index is -4.67. The molecule has 1 aliphatic rings. The first-order valence-electron chi connectivity index (χ1n) is 11.7. The molecule has 0 saturated carbocycles. The number of halogens is 4. The fraction of sp³-hybridized carbons (Fsp3) is 0.360. The van der Waals surface area contributed by atoms with Gasteiger partial charge in [-0.3, -0.25) is 4.79 Å². The predicted molar refractivity (Wildman–Crippen MR) is 136 cm³/mol. The maximum absolute atomic E-state index is 13.5. The van der Waals surface area contributed by atoms with Gasteiger partial charge in [0, 0.05) is 29.5 Å². The highest BCUT2D eigenvalue weighted by molar-refractivity contribution is 6.32. The first-order valence-corrected chi connectivity index (χ1v) is 12.1. The van der Waals surface area contributed by atoms with Crippen molar-refractivity contribution in [3.05, 3.63) is 68.7 Å². The summed E-state index contributed by atoms with van der Waals surface area (Å²) in [5, 5.41) is 6.42. The van der Waals surface area contributed by atoms with Crippen molar-refractivity contribution in [3.63, 3.8) is 0 Å². The average molecular weight is 532 g/mol. The SMILES string of the molecule is CC(C)(C)c1ccc(Cl)c(-n2c3nc(Nc4ccc5c(c4)CNCC5)ncc3c(=O)n2CC(F)(F)F)n1. The molecule has 0 spiro atoms. The summed E-state index contributed by atoms with van der Waals surface area (Å²) in [7, 11) is 0. The van der Waals surface area contributed by atoms with Gasteiger partial charge >= 0.3 is 6.18 Å². The summed E-state index contributed by atoms with van der Waals surface area (Å²) in [6, 6.07) is 9.15. The fourth-order valence-electron chi connectivity index (χ4n) is 4.30. The van der Waals surface area contributed by atoms with E-state index >= 15 is 0 Å². The standard InChI is InChI=1S/C25H25ClF3N7O/c1-24(2,3)19-7-6-18(26)21(33-19)36-20-17(22(37)35(36)13-25(27,28)29)12-31-23(34-20)32-16-5-4-14-8-9-30-11-15(14)10-16/h4-7,10,12,30H,8-9,11,13H2,1-3H3,(H,31,32,34). The van der Waals surface area contributed by atoms with Gasteiger partial charge < -0.3 is 10.6 Å². The van der Waals surface area contributed by atoms with Crippen LogP contribution < -0.4 is 16.2 Å². The molecule has 0 amide bonds. The normalized spacial score (nSPS) is 14.1. The summed E-state index contributed by atoms with van der Waals surface area (Å²) < 4.78 is 42.2. The van der Waals surface area contributed by atoms with Crippen molar-refractivity contribution in [3.8, 4) is 5.82 Å². The molecule has 2 N–H and O–H groups in total. The number of hydrogen-bond donors (Lipinski definition) is 2. The highest BCUT2D eigenvalue weighted by Crippen LogP contribution is 2.29. The maximum Gasteiger partial charge on any atom is 0.408 e. The molecule has 0 atom stereocenters. The lowest BCUT2D eigenvalue weighted by molar-refractivity contribution is -0.144. The van der Waals surface area contributed by atoms with Crippen molar-refractivity contribution in [2.75, 3.05) is 11.9 Å². The van der Waals surface area contributed by atoms with Gasteiger partial charge in [-0.25, -0.2) is 19.3 Å². The summed E-state index contributed by atoms with van der Waals surface area (Å²) >= 11 is 6.43. The van der Waals surface area contributed by atoms with Gasteiger partial charge in [-0.05, 0) is 48.4 Å². The van der Waals surface area contributed by atoms with E-state index in [0.717, 1.165) is 35.4 Å². The summed E-state index contributed by atoms with van der Waals surface area (Å²) in [4.78, 5) is 26.3. The molecule has 4 aromatic rings. The zero-order valence-corrected chi connectivity index (χ0v) is 21.2. The molecule has 194 valence electrons. The lowest BCUT2D eigenvalue weighted by Gasteiger charge is -2.20. The molecule has 0 fully saturated rings. The molecule has 8 nitrogen and oxygen atoms in total. The van der Waals surface area contributed by atoms with E-state index in [2.05, 4.69) is 25.6 Å². The van der Waals surface area contributed by atoms with Gasteiger partial charge in [0.15, 0.2) is 11.5 Å². The third-order valence-corrected chi connectivity index (χ3v) is 6.45. The molecule has 0 bridgehead atoms. The zero-order chi connectivity index (χ0) is 26.5. The third kappa shape index (κ3) is 5.05. The van der Waals surface area contributed by atoms with E-state index in [1.165, 1.54) is 11.8 Å². The van der Waals surface area contributed by atoms with E-state index in [4.69, 9.17) is 11.6 Å². The first-order chi connectivity index (χ1) is 17.4. The second-order valence-electron chi connectivity index (χ2n) is 10.0. The summed E-state index contributed by atoms with van der Waals surface area (Å²) in [5.41, 5.74) is 2.36. The van der Waals surface area contributed by atoms with Gasteiger partial charge in [0.25, 0.3) is 5.56 Å². The topological polar surface area (TPSA) is 89.7 Å². The van der Waals surface area contributed by atoms with Crippen molar-refractivity contribution in [2.45, 2.75) is 51.9 Å². The maximum atomic E-state index is 13.5. The van der Waals surface area contributed by atoms with Crippen molar-refractivity contribution >= 4 is 34.3 Å². The van der Waals surface area contributed by atoms with Crippen molar-refractivity contribution in [2.24, 2.45) is 0 Å². The Labute approximate surface area is 215 Å². The number of nitrogens with zero attached hydrogens (tertiary/aromatic N) is 5. The van der Waals surface area contributed by atoms with E-state index in [-0.39, 0.29) is 27.8 Å². The molecule has 0 saturated heterocycles. The summed E-state index contributed by atoms with van der Waals surface area (Å²) in [6.45, 7) is 5.87. The van der Waals surface area contributed by atoms with Crippen molar-refractivity contribution in [1.82, 2.24) is 29.6 Å². The molecule has 4 heterocycles. The Morgan fingerprint density at radius 1 is 1.11 bits per heavy atom. The van der Waals surface area contributed by atoms with Crippen LogP contribution in [0.3, 0.4) is 0 Å². The van der Waals surface area contributed by atoms with Gasteiger partial charge in [-0.1, -0.05) is 38.4 Å². The van der Waals surface area contributed by atoms with Crippen LogP contribution in [0, 0.1) is 0 Å². The molecular formula is C25H25ClF3N7O. The lowest BCUT2D eigenvalue weighted by atomic mass is 9.92. The molecular weight excluding hydrogens is 507 g/mol. The van der Waals surface area contributed by atoms with E-state index < -0.39 is 23.7 Å². The molecule has 0 unspecified atom stereocenters. The predicted octanol–water partition coefficient (Wildman–Crippen LogP) is 4.88. The number of alkyl halides is 3. The summed E-state index contributed by atoms with van der Waals surface area (Å²) in [6.07, 6.45) is -2.52. The van der Waals surface area contributed by atoms with Crippen molar-refractivity contribution < 1.29 is 13.2 Å².